The standard InChI is InChI=1S/C26H28N2O6S/c1-19-16-22(9-11-23(19)32-2)35(30,31)28(13-12-20-6-4-3-5-7-20)18-26(29)27-21-8-10-24-25(17-21)34-15-14-33-24/h3-11,16-17H,12-15,18H2,1-2H3,(H,27,29). The average molecular weight is 497 g/mol. The Morgan fingerprint density at radius 1 is 1.00 bits per heavy atom. The molecule has 0 unspecified atom stereocenters. The molecule has 0 aromatic heterocycles. The number of benzene rings is 3. The molecule has 184 valence electrons. The highest BCUT2D eigenvalue weighted by Gasteiger charge is 2.27. The number of rotatable bonds is 9. The van der Waals surface area contributed by atoms with Gasteiger partial charge in [0.25, 0.3) is 0 Å². The molecule has 0 spiro atoms. The van der Waals surface area contributed by atoms with E-state index in [0.29, 0.717) is 48.1 Å². The van der Waals surface area contributed by atoms with Gasteiger partial charge < -0.3 is 19.5 Å². The number of aryl methyl sites for hydroxylation is 1. The number of hydrogen-bond acceptors (Lipinski definition) is 6. The van der Waals surface area contributed by atoms with Gasteiger partial charge in [0.1, 0.15) is 19.0 Å². The van der Waals surface area contributed by atoms with Gasteiger partial charge in [-0.3, -0.25) is 4.79 Å². The second kappa shape index (κ2) is 10.8. The number of carbonyl (C=O) groups is 1. The first-order chi connectivity index (χ1) is 16.9. The van der Waals surface area contributed by atoms with Crippen molar-refractivity contribution >= 4 is 21.6 Å². The van der Waals surface area contributed by atoms with Crippen molar-refractivity contribution in [1.29, 1.82) is 0 Å². The zero-order valence-electron chi connectivity index (χ0n) is 19.7. The van der Waals surface area contributed by atoms with Crippen LogP contribution in [0, 0.1) is 6.92 Å². The van der Waals surface area contributed by atoms with Crippen LogP contribution in [-0.4, -0.2) is 52.0 Å². The maximum atomic E-state index is 13.6. The van der Waals surface area contributed by atoms with Gasteiger partial charge in [0.15, 0.2) is 11.5 Å². The second-order valence-electron chi connectivity index (χ2n) is 8.11. The summed E-state index contributed by atoms with van der Waals surface area (Å²) in [4.78, 5) is 13.0. The van der Waals surface area contributed by atoms with Gasteiger partial charge in [0.05, 0.1) is 18.6 Å². The summed E-state index contributed by atoms with van der Waals surface area (Å²) >= 11 is 0. The van der Waals surface area contributed by atoms with Crippen molar-refractivity contribution in [3.05, 3.63) is 77.9 Å². The van der Waals surface area contributed by atoms with Gasteiger partial charge >= 0.3 is 0 Å². The number of anilines is 1. The molecule has 3 aromatic rings. The third kappa shape index (κ3) is 5.93. The van der Waals surface area contributed by atoms with Crippen molar-refractivity contribution in [2.24, 2.45) is 0 Å². The maximum absolute atomic E-state index is 13.6. The van der Waals surface area contributed by atoms with Crippen molar-refractivity contribution in [3.8, 4) is 17.2 Å². The summed E-state index contributed by atoms with van der Waals surface area (Å²) < 4.78 is 44.6. The van der Waals surface area contributed by atoms with E-state index in [1.165, 1.54) is 17.5 Å². The normalized spacial score (nSPS) is 12.9. The lowest BCUT2D eigenvalue weighted by atomic mass is 10.1. The van der Waals surface area contributed by atoms with Gasteiger partial charge in [-0.05, 0) is 54.8 Å². The first kappa shape index (κ1) is 24.6. The zero-order chi connectivity index (χ0) is 24.8. The molecule has 1 N–H and O–H groups in total. The van der Waals surface area contributed by atoms with Crippen LogP contribution in [0.15, 0.2) is 71.6 Å². The number of ether oxygens (including phenoxy) is 3. The van der Waals surface area contributed by atoms with Gasteiger partial charge in [-0.1, -0.05) is 30.3 Å². The Hall–Kier alpha value is -3.56. The highest BCUT2D eigenvalue weighted by atomic mass is 32.2. The summed E-state index contributed by atoms with van der Waals surface area (Å²) in [6, 6.07) is 19.3. The fourth-order valence-electron chi connectivity index (χ4n) is 3.82. The molecule has 1 aliphatic heterocycles. The molecular weight excluding hydrogens is 468 g/mol. The summed E-state index contributed by atoms with van der Waals surface area (Å²) in [7, 11) is -2.42. The summed E-state index contributed by atoms with van der Waals surface area (Å²) in [5, 5.41) is 2.77. The Kier molecular flexibility index (Phi) is 7.57. The highest BCUT2D eigenvalue weighted by molar-refractivity contribution is 7.89. The van der Waals surface area contributed by atoms with E-state index >= 15 is 0 Å². The van der Waals surface area contributed by atoms with E-state index in [2.05, 4.69) is 5.32 Å². The second-order valence-corrected chi connectivity index (χ2v) is 10.1. The lowest BCUT2D eigenvalue weighted by Gasteiger charge is -2.23. The van der Waals surface area contributed by atoms with E-state index < -0.39 is 15.9 Å². The Bertz CT molecular complexity index is 1290. The monoisotopic (exact) mass is 496 g/mol. The number of sulfonamides is 1. The van der Waals surface area contributed by atoms with Crippen LogP contribution < -0.4 is 19.5 Å². The van der Waals surface area contributed by atoms with Crippen LogP contribution >= 0.6 is 0 Å². The molecule has 1 heterocycles. The number of methoxy groups -OCH3 is 1. The van der Waals surface area contributed by atoms with E-state index in [1.807, 2.05) is 30.3 Å². The number of fused-ring (bicyclic) bond motifs is 1. The van der Waals surface area contributed by atoms with Crippen molar-refractivity contribution in [3.63, 3.8) is 0 Å². The first-order valence-corrected chi connectivity index (χ1v) is 12.7. The van der Waals surface area contributed by atoms with Crippen molar-refractivity contribution < 1.29 is 27.4 Å². The maximum Gasteiger partial charge on any atom is 0.243 e. The number of nitrogens with zero attached hydrogens (tertiary/aromatic N) is 1. The fraction of sp³-hybridized carbons (Fsp3) is 0.269. The molecule has 1 aliphatic rings. The Morgan fingerprint density at radius 3 is 2.46 bits per heavy atom. The molecule has 1 amide bonds. The third-order valence-electron chi connectivity index (χ3n) is 5.64. The van der Waals surface area contributed by atoms with Crippen LogP contribution in [0.3, 0.4) is 0 Å². The first-order valence-electron chi connectivity index (χ1n) is 11.2. The minimum absolute atomic E-state index is 0.107. The quantitative estimate of drug-likeness (QED) is 0.486. The largest absolute Gasteiger partial charge is 0.496 e. The van der Waals surface area contributed by atoms with Gasteiger partial charge in [-0.2, -0.15) is 4.31 Å². The van der Waals surface area contributed by atoms with Crippen molar-refractivity contribution in [2.45, 2.75) is 18.2 Å². The Labute approximate surface area is 205 Å². The lowest BCUT2D eigenvalue weighted by molar-refractivity contribution is -0.116. The summed E-state index contributed by atoms with van der Waals surface area (Å²) in [5.41, 5.74) is 2.17. The predicted octanol–water partition coefficient (Wildman–Crippen LogP) is 3.65. The molecule has 0 saturated heterocycles. The molecule has 0 fully saturated rings. The Morgan fingerprint density at radius 2 is 1.74 bits per heavy atom. The van der Waals surface area contributed by atoms with Crippen LogP contribution in [0.5, 0.6) is 17.2 Å². The third-order valence-corrected chi connectivity index (χ3v) is 7.48. The molecule has 0 saturated carbocycles. The van der Waals surface area contributed by atoms with Gasteiger partial charge in [-0.15, -0.1) is 0 Å². The van der Waals surface area contributed by atoms with Crippen molar-refractivity contribution in [1.82, 2.24) is 4.31 Å². The summed E-state index contributed by atoms with van der Waals surface area (Å²) in [5.74, 6) is 1.28. The molecule has 0 atom stereocenters. The van der Waals surface area contributed by atoms with E-state index in [1.54, 1.807) is 37.3 Å². The minimum atomic E-state index is -3.95. The van der Waals surface area contributed by atoms with Crippen LogP contribution in [0.4, 0.5) is 5.69 Å². The number of amides is 1. The van der Waals surface area contributed by atoms with Crippen LogP contribution in [0.1, 0.15) is 11.1 Å². The topological polar surface area (TPSA) is 94.2 Å². The van der Waals surface area contributed by atoms with Crippen LogP contribution in [0.25, 0.3) is 0 Å². The van der Waals surface area contributed by atoms with Gasteiger partial charge in [-0.25, -0.2) is 8.42 Å². The van der Waals surface area contributed by atoms with Gasteiger partial charge in [0.2, 0.25) is 15.9 Å². The molecule has 9 heteroatoms. The molecule has 0 radical (unpaired) electrons. The van der Waals surface area contributed by atoms with Crippen LogP contribution in [0.2, 0.25) is 0 Å². The molecule has 4 rings (SSSR count). The summed E-state index contributed by atoms with van der Waals surface area (Å²) in [6.07, 6.45) is 0.465. The number of carbonyl (C=O) groups excluding carboxylic acids is 1. The molecule has 0 aliphatic carbocycles. The van der Waals surface area contributed by atoms with E-state index in [4.69, 9.17) is 14.2 Å². The molecule has 8 nitrogen and oxygen atoms in total. The smallest absolute Gasteiger partial charge is 0.243 e. The van der Waals surface area contributed by atoms with Crippen LogP contribution in [-0.2, 0) is 21.2 Å². The predicted molar refractivity (Wildman–Crippen MR) is 133 cm³/mol. The van der Waals surface area contributed by atoms with Gasteiger partial charge in [0, 0.05) is 18.3 Å². The Balaban J connectivity index is 1.55. The SMILES string of the molecule is COc1ccc(S(=O)(=O)N(CCc2ccccc2)CC(=O)Nc2ccc3c(c2)OCCO3)cc1C. The zero-order valence-corrected chi connectivity index (χ0v) is 20.5. The molecule has 0 bridgehead atoms. The van der Waals surface area contributed by atoms with E-state index in [0.717, 1.165) is 5.56 Å². The highest BCUT2D eigenvalue weighted by Crippen LogP contribution is 2.32. The average Bonchev–Trinajstić information content (AvgIpc) is 2.87. The number of hydrogen-bond donors (Lipinski definition) is 1. The molecular formula is C26H28N2O6S. The van der Waals surface area contributed by atoms with E-state index in [9.17, 15) is 13.2 Å². The number of nitrogens with one attached hydrogen (secondary N) is 1. The van der Waals surface area contributed by atoms with E-state index in [-0.39, 0.29) is 18.0 Å². The fourth-order valence-corrected chi connectivity index (χ4v) is 5.31. The minimum Gasteiger partial charge on any atom is -0.496 e. The summed E-state index contributed by atoms with van der Waals surface area (Å²) in [6.45, 7) is 2.48. The lowest BCUT2D eigenvalue weighted by Crippen LogP contribution is -2.39. The molecule has 35 heavy (non-hydrogen) atoms. The molecule has 3 aromatic carbocycles. The van der Waals surface area contributed by atoms with Crippen molar-refractivity contribution in [2.75, 3.05) is 38.7 Å².